The lowest BCUT2D eigenvalue weighted by molar-refractivity contribution is -0.326. The number of hydrogen-bond acceptors (Lipinski definition) is 9. The Balaban J connectivity index is 1.65. The highest BCUT2D eigenvalue weighted by molar-refractivity contribution is 6.32. The number of aryl methyl sites for hydroxylation is 1. The normalized spacial score (nSPS) is 26.2. The van der Waals surface area contributed by atoms with E-state index >= 15 is 0 Å². The maximum Gasteiger partial charge on any atom is 0.303 e. The molecule has 1 heterocycles. The number of methoxy groups -OCH3 is 1. The van der Waals surface area contributed by atoms with E-state index in [2.05, 4.69) is 12.1 Å². The van der Waals surface area contributed by atoms with Gasteiger partial charge in [0.25, 0.3) is 0 Å². The van der Waals surface area contributed by atoms with Gasteiger partial charge in [-0.05, 0) is 36.1 Å². The minimum Gasteiger partial charge on any atom is -0.489 e. The SMILES string of the molecule is COC1(c2ccc(Cl)c(OC3CCc4ccccc4C3)c2)CC(OC(C)=O)[C@H](OC(C)=O)C(COC(C)=O)O1. The fourth-order valence-electron chi connectivity index (χ4n) is 5.18. The fourth-order valence-corrected chi connectivity index (χ4v) is 5.35. The summed E-state index contributed by atoms with van der Waals surface area (Å²) in [5.41, 5.74) is 3.12. The van der Waals surface area contributed by atoms with Gasteiger partial charge in [0, 0.05) is 46.3 Å². The van der Waals surface area contributed by atoms with Gasteiger partial charge in [-0.3, -0.25) is 14.4 Å². The number of esters is 3. The van der Waals surface area contributed by atoms with Crippen molar-refractivity contribution in [2.45, 2.75) is 76.7 Å². The van der Waals surface area contributed by atoms with Crippen molar-refractivity contribution in [2.75, 3.05) is 13.7 Å². The van der Waals surface area contributed by atoms with E-state index in [9.17, 15) is 14.4 Å². The third-order valence-electron chi connectivity index (χ3n) is 6.91. The van der Waals surface area contributed by atoms with E-state index in [-0.39, 0.29) is 19.1 Å². The molecule has 0 aromatic heterocycles. The van der Waals surface area contributed by atoms with Crippen molar-refractivity contribution in [2.24, 2.45) is 0 Å². The molecule has 1 aliphatic heterocycles. The highest BCUT2D eigenvalue weighted by atomic mass is 35.5. The van der Waals surface area contributed by atoms with E-state index in [1.807, 2.05) is 12.1 Å². The van der Waals surface area contributed by atoms with Crippen LogP contribution in [0, 0.1) is 0 Å². The molecule has 0 radical (unpaired) electrons. The molecule has 10 heteroatoms. The summed E-state index contributed by atoms with van der Waals surface area (Å²) in [6, 6.07) is 13.5. The van der Waals surface area contributed by atoms with Crippen LogP contribution in [0.25, 0.3) is 0 Å². The smallest absolute Gasteiger partial charge is 0.303 e. The van der Waals surface area contributed by atoms with Gasteiger partial charge in [-0.25, -0.2) is 0 Å². The van der Waals surface area contributed by atoms with Gasteiger partial charge in [0.1, 0.15) is 30.7 Å². The van der Waals surface area contributed by atoms with Crippen molar-refractivity contribution < 1.29 is 42.8 Å². The second-order valence-electron chi connectivity index (χ2n) is 9.74. The van der Waals surface area contributed by atoms with Crippen LogP contribution in [0.5, 0.6) is 5.75 Å². The Bertz CT molecular complexity index is 1210. The third kappa shape index (κ3) is 6.90. The lowest BCUT2D eigenvalue weighted by atomic mass is 9.89. The summed E-state index contributed by atoms with van der Waals surface area (Å²) in [4.78, 5) is 35.5. The molecule has 1 fully saturated rings. The van der Waals surface area contributed by atoms with Crippen molar-refractivity contribution in [3.05, 3.63) is 64.2 Å². The molecule has 0 amide bonds. The lowest BCUT2D eigenvalue weighted by Gasteiger charge is -2.46. The van der Waals surface area contributed by atoms with Crippen molar-refractivity contribution in [3.8, 4) is 5.75 Å². The van der Waals surface area contributed by atoms with Gasteiger partial charge in [0.15, 0.2) is 11.9 Å². The summed E-state index contributed by atoms with van der Waals surface area (Å²) in [5, 5.41) is 0.422. The predicted molar refractivity (Wildman–Crippen MR) is 140 cm³/mol. The van der Waals surface area contributed by atoms with Crippen LogP contribution in [-0.2, 0) is 56.7 Å². The van der Waals surface area contributed by atoms with E-state index in [0.29, 0.717) is 16.3 Å². The number of benzene rings is 2. The van der Waals surface area contributed by atoms with E-state index in [4.69, 9.17) is 40.0 Å². The second-order valence-corrected chi connectivity index (χ2v) is 10.1. The molecule has 2 aromatic rings. The molecule has 5 atom stereocenters. The summed E-state index contributed by atoms with van der Waals surface area (Å²) in [7, 11) is 1.45. The number of hydrogen-bond donors (Lipinski definition) is 0. The van der Waals surface area contributed by atoms with Crippen LogP contribution in [0.1, 0.15) is 50.3 Å². The van der Waals surface area contributed by atoms with Gasteiger partial charge < -0.3 is 28.4 Å². The van der Waals surface area contributed by atoms with Crippen LogP contribution >= 0.6 is 11.6 Å². The van der Waals surface area contributed by atoms with Crippen molar-refractivity contribution >= 4 is 29.5 Å². The maximum absolute atomic E-state index is 12.0. The molecular weight excluding hydrogens is 528 g/mol. The first-order chi connectivity index (χ1) is 18.6. The Morgan fingerprint density at radius 3 is 2.38 bits per heavy atom. The highest BCUT2D eigenvalue weighted by Gasteiger charge is 2.52. The molecule has 1 aliphatic carbocycles. The van der Waals surface area contributed by atoms with Crippen molar-refractivity contribution in [1.29, 1.82) is 0 Å². The summed E-state index contributed by atoms with van der Waals surface area (Å²) in [6.45, 7) is 3.49. The van der Waals surface area contributed by atoms with E-state index in [1.54, 1.807) is 18.2 Å². The fraction of sp³-hybridized carbons (Fsp3) is 0.483. The molecule has 0 bridgehead atoms. The van der Waals surface area contributed by atoms with Crippen LogP contribution in [0.4, 0.5) is 0 Å². The van der Waals surface area contributed by atoms with Crippen LogP contribution in [0.3, 0.4) is 0 Å². The molecular formula is C29H33ClO9. The second kappa shape index (κ2) is 12.4. The molecule has 0 spiro atoms. The number of carbonyl (C=O) groups is 3. The average Bonchev–Trinajstić information content (AvgIpc) is 2.89. The van der Waals surface area contributed by atoms with E-state index in [1.165, 1.54) is 39.0 Å². The first-order valence-electron chi connectivity index (χ1n) is 12.8. The van der Waals surface area contributed by atoms with Crippen LogP contribution in [0.2, 0.25) is 5.02 Å². The number of fused-ring (bicyclic) bond motifs is 1. The number of carbonyl (C=O) groups excluding carboxylic acids is 3. The van der Waals surface area contributed by atoms with Gasteiger partial charge in [-0.15, -0.1) is 0 Å². The monoisotopic (exact) mass is 560 g/mol. The molecule has 4 unspecified atom stereocenters. The molecule has 39 heavy (non-hydrogen) atoms. The summed E-state index contributed by atoms with van der Waals surface area (Å²) < 4.78 is 34.8. The summed E-state index contributed by atoms with van der Waals surface area (Å²) in [5.74, 6) is -2.72. The van der Waals surface area contributed by atoms with Crippen LogP contribution in [-0.4, -0.2) is 56.0 Å². The molecule has 0 N–H and O–H groups in total. The van der Waals surface area contributed by atoms with Gasteiger partial charge in [-0.1, -0.05) is 41.9 Å². The standard InChI is InChI=1S/C29H33ClO9/c1-17(31)35-16-27-28(37-19(3)33)26(36-18(2)32)15-29(34-4,39-27)22-10-12-24(30)25(14-22)38-23-11-9-20-7-5-6-8-21(20)13-23/h5-8,10,12,14,23,26-28H,9,11,13,15-16H2,1-4H3/t23?,26?,27?,28-,29?/m0/s1. The molecule has 0 saturated carbocycles. The van der Waals surface area contributed by atoms with E-state index < -0.39 is 42.0 Å². The van der Waals surface area contributed by atoms with Gasteiger partial charge >= 0.3 is 17.9 Å². The van der Waals surface area contributed by atoms with Crippen molar-refractivity contribution in [3.63, 3.8) is 0 Å². The molecule has 2 aromatic carbocycles. The van der Waals surface area contributed by atoms with E-state index in [0.717, 1.165) is 19.3 Å². The third-order valence-corrected chi connectivity index (χ3v) is 7.22. The minimum atomic E-state index is -1.45. The Labute approximate surface area is 232 Å². The lowest BCUT2D eigenvalue weighted by Crippen LogP contribution is -2.58. The zero-order chi connectivity index (χ0) is 28.2. The molecule has 210 valence electrons. The highest BCUT2D eigenvalue weighted by Crippen LogP contribution is 2.43. The molecule has 2 aliphatic rings. The Hall–Kier alpha value is -3.14. The number of ether oxygens (including phenoxy) is 6. The zero-order valence-corrected chi connectivity index (χ0v) is 23.2. The summed E-state index contributed by atoms with van der Waals surface area (Å²) >= 11 is 6.54. The topological polar surface area (TPSA) is 107 Å². The Morgan fingerprint density at radius 2 is 1.72 bits per heavy atom. The van der Waals surface area contributed by atoms with Gasteiger partial charge in [0.2, 0.25) is 0 Å². The maximum atomic E-state index is 12.0. The quantitative estimate of drug-likeness (QED) is 0.345. The average molecular weight is 561 g/mol. The zero-order valence-electron chi connectivity index (χ0n) is 22.4. The van der Waals surface area contributed by atoms with Crippen LogP contribution in [0.15, 0.2) is 42.5 Å². The van der Waals surface area contributed by atoms with Gasteiger partial charge in [-0.2, -0.15) is 0 Å². The first-order valence-corrected chi connectivity index (χ1v) is 13.2. The van der Waals surface area contributed by atoms with Crippen LogP contribution < -0.4 is 4.74 Å². The molecule has 4 rings (SSSR count). The summed E-state index contributed by atoms with van der Waals surface area (Å²) in [6.07, 6.45) is -0.547. The largest absolute Gasteiger partial charge is 0.489 e. The van der Waals surface area contributed by atoms with Gasteiger partial charge in [0.05, 0.1) is 5.02 Å². The Kier molecular flexibility index (Phi) is 9.15. The molecule has 1 saturated heterocycles. The predicted octanol–water partition coefficient (Wildman–Crippen LogP) is 4.29. The minimum absolute atomic E-state index is 0.00449. The first kappa shape index (κ1) is 28.9. The number of halogens is 1. The number of rotatable bonds is 8. The molecule has 9 nitrogen and oxygen atoms in total. The van der Waals surface area contributed by atoms with Crippen molar-refractivity contribution in [1.82, 2.24) is 0 Å². The Morgan fingerprint density at radius 1 is 1.00 bits per heavy atom.